The van der Waals surface area contributed by atoms with E-state index < -0.39 is 0 Å². The first-order chi connectivity index (χ1) is 10.6. The molecule has 0 heterocycles. The number of para-hydroxylation sites is 1. The molecule has 0 bridgehead atoms. The second-order valence-electron chi connectivity index (χ2n) is 4.81. The van der Waals surface area contributed by atoms with Gasteiger partial charge in [0.25, 0.3) is 0 Å². The summed E-state index contributed by atoms with van der Waals surface area (Å²) in [5.74, 6) is 0.0781. The Hall–Kier alpha value is -1.71. The van der Waals surface area contributed by atoms with Gasteiger partial charge in [-0.15, -0.1) is 0 Å². The molecule has 2 aromatic carbocycles. The summed E-state index contributed by atoms with van der Waals surface area (Å²) in [6, 6.07) is 14.9. The highest BCUT2D eigenvalue weighted by atomic mass is 35.5. The van der Waals surface area contributed by atoms with Gasteiger partial charge in [-0.3, -0.25) is 4.79 Å². The monoisotopic (exact) mass is 336 g/mol. The summed E-state index contributed by atoms with van der Waals surface area (Å²) < 4.78 is 0. The molecule has 0 spiro atoms. The van der Waals surface area contributed by atoms with Crippen LogP contribution in [-0.2, 0) is 4.79 Å². The van der Waals surface area contributed by atoms with Crippen molar-refractivity contribution < 1.29 is 4.79 Å². The Morgan fingerprint density at radius 2 is 1.73 bits per heavy atom. The maximum absolute atomic E-state index is 12.3. The van der Waals surface area contributed by atoms with Crippen LogP contribution < -0.4 is 10.2 Å². The number of hydrogen-bond acceptors (Lipinski definition) is 2. The van der Waals surface area contributed by atoms with E-state index in [2.05, 4.69) is 5.32 Å². The number of rotatable bonds is 6. The highest BCUT2D eigenvalue weighted by Gasteiger charge is 2.12. The van der Waals surface area contributed by atoms with Crippen LogP contribution in [-0.4, -0.2) is 19.0 Å². The Morgan fingerprint density at radius 1 is 1.09 bits per heavy atom. The lowest BCUT2D eigenvalue weighted by atomic mass is 10.2. The minimum absolute atomic E-state index is 0.0781. The van der Waals surface area contributed by atoms with E-state index in [-0.39, 0.29) is 5.91 Å². The summed E-state index contributed by atoms with van der Waals surface area (Å²) in [6.45, 7) is 3.14. The lowest BCUT2D eigenvalue weighted by Gasteiger charge is -2.21. The van der Waals surface area contributed by atoms with Gasteiger partial charge in [-0.05, 0) is 37.3 Å². The fraction of sp³-hybridized carbons (Fsp3) is 0.235. The summed E-state index contributed by atoms with van der Waals surface area (Å²) in [7, 11) is 0. The molecule has 0 saturated carbocycles. The smallest absolute Gasteiger partial charge is 0.228 e. The average Bonchev–Trinajstić information content (AvgIpc) is 2.48. The molecule has 0 aliphatic rings. The van der Waals surface area contributed by atoms with Gasteiger partial charge in [-0.25, -0.2) is 0 Å². The van der Waals surface area contributed by atoms with Gasteiger partial charge in [0.2, 0.25) is 5.91 Å². The number of carbonyl (C=O) groups is 1. The minimum atomic E-state index is 0.0781. The largest absolute Gasteiger partial charge is 0.384 e. The van der Waals surface area contributed by atoms with Crippen LogP contribution in [0.15, 0.2) is 48.5 Å². The van der Waals surface area contributed by atoms with E-state index in [0.29, 0.717) is 29.6 Å². The second-order valence-corrected chi connectivity index (χ2v) is 5.68. The van der Waals surface area contributed by atoms with Crippen LogP contribution >= 0.6 is 23.2 Å². The number of anilines is 2. The molecule has 0 saturated heterocycles. The Balaban J connectivity index is 1.91. The molecule has 1 N–H and O–H groups in total. The molecular formula is C17H18Cl2N2O. The summed E-state index contributed by atoms with van der Waals surface area (Å²) in [5, 5.41) is 4.31. The zero-order chi connectivity index (χ0) is 15.9. The molecule has 2 aromatic rings. The normalized spacial score (nSPS) is 10.3. The molecule has 2 rings (SSSR count). The second kappa shape index (κ2) is 8.06. The number of amides is 1. The third-order valence-corrected chi connectivity index (χ3v) is 3.65. The van der Waals surface area contributed by atoms with Crippen molar-refractivity contribution in [3.05, 3.63) is 58.6 Å². The number of benzene rings is 2. The van der Waals surface area contributed by atoms with Crippen LogP contribution in [0.3, 0.4) is 0 Å². The van der Waals surface area contributed by atoms with Gasteiger partial charge in [-0.1, -0.05) is 41.4 Å². The molecule has 0 radical (unpaired) electrons. The van der Waals surface area contributed by atoms with Crippen molar-refractivity contribution in [2.24, 2.45) is 0 Å². The van der Waals surface area contributed by atoms with Gasteiger partial charge in [0, 0.05) is 40.9 Å². The molecule has 0 fully saturated rings. The first-order valence-electron chi connectivity index (χ1n) is 7.15. The highest BCUT2D eigenvalue weighted by molar-refractivity contribution is 6.35. The van der Waals surface area contributed by atoms with E-state index in [4.69, 9.17) is 23.2 Å². The van der Waals surface area contributed by atoms with E-state index >= 15 is 0 Å². The molecule has 0 aliphatic heterocycles. The van der Waals surface area contributed by atoms with Crippen LogP contribution in [0.5, 0.6) is 0 Å². The fourth-order valence-electron chi connectivity index (χ4n) is 2.22. The summed E-state index contributed by atoms with van der Waals surface area (Å²) >= 11 is 11.9. The fourth-order valence-corrected chi connectivity index (χ4v) is 2.74. The van der Waals surface area contributed by atoms with Gasteiger partial charge in [0.05, 0.1) is 0 Å². The molecule has 3 nitrogen and oxygen atoms in total. The SMILES string of the molecule is CCN(C(=O)CCNc1cc(Cl)cc(Cl)c1)c1ccccc1. The van der Waals surface area contributed by atoms with Crippen molar-refractivity contribution in [3.63, 3.8) is 0 Å². The first kappa shape index (κ1) is 16.7. The Morgan fingerprint density at radius 3 is 2.32 bits per heavy atom. The lowest BCUT2D eigenvalue weighted by Crippen LogP contribution is -2.31. The van der Waals surface area contributed by atoms with E-state index in [1.165, 1.54) is 0 Å². The van der Waals surface area contributed by atoms with Crippen molar-refractivity contribution in [1.29, 1.82) is 0 Å². The topological polar surface area (TPSA) is 32.3 Å². The van der Waals surface area contributed by atoms with Crippen LogP contribution in [0.1, 0.15) is 13.3 Å². The number of nitrogens with zero attached hydrogens (tertiary/aromatic N) is 1. The van der Waals surface area contributed by atoms with Gasteiger partial charge >= 0.3 is 0 Å². The minimum Gasteiger partial charge on any atom is -0.384 e. The summed E-state index contributed by atoms with van der Waals surface area (Å²) in [6.07, 6.45) is 0.396. The van der Waals surface area contributed by atoms with E-state index in [9.17, 15) is 4.79 Å². The van der Waals surface area contributed by atoms with Crippen LogP contribution in [0, 0.1) is 0 Å². The Bertz CT molecular complexity index is 612. The molecule has 0 aromatic heterocycles. The summed E-state index contributed by atoms with van der Waals surface area (Å²) in [4.78, 5) is 14.1. The van der Waals surface area contributed by atoms with Crippen molar-refractivity contribution in [1.82, 2.24) is 0 Å². The van der Waals surface area contributed by atoms with Gasteiger partial charge < -0.3 is 10.2 Å². The predicted molar refractivity (Wildman–Crippen MR) is 94.0 cm³/mol. The molecule has 0 atom stereocenters. The number of carbonyl (C=O) groups excluding carboxylic acids is 1. The molecule has 1 amide bonds. The quantitative estimate of drug-likeness (QED) is 0.817. The maximum atomic E-state index is 12.3. The zero-order valence-electron chi connectivity index (χ0n) is 12.4. The van der Waals surface area contributed by atoms with Gasteiger partial charge in [-0.2, -0.15) is 0 Å². The maximum Gasteiger partial charge on any atom is 0.228 e. The number of halogens is 2. The molecule has 0 unspecified atom stereocenters. The standard InChI is InChI=1S/C17H18Cl2N2O/c1-2-21(16-6-4-3-5-7-16)17(22)8-9-20-15-11-13(18)10-14(19)12-15/h3-7,10-12,20H,2,8-9H2,1H3. The molecule has 5 heteroatoms. The van der Waals surface area contributed by atoms with E-state index in [1.807, 2.05) is 37.3 Å². The number of nitrogens with one attached hydrogen (secondary N) is 1. The van der Waals surface area contributed by atoms with Crippen molar-refractivity contribution in [2.75, 3.05) is 23.3 Å². The van der Waals surface area contributed by atoms with Gasteiger partial charge in [0.15, 0.2) is 0 Å². The Kier molecular flexibility index (Phi) is 6.10. The third-order valence-electron chi connectivity index (χ3n) is 3.22. The first-order valence-corrected chi connectivity index (χ1v) is 7.91. The average molecular weight is 337 g/mol. The third kappa shape index (κ3) is 4.65. The van der Waals surface area contributed by atoms with Crippen LogP contribution in [0.4, 0.5) is 11.4 Å². The molecule has 0 aliphatic carbocycles. The summed E-state index contributed by atoms with van der Waals surface area (Å²) in [5.41, 5.74) is 1.73. The van der Waals surface area contributed by atoms with E-state index in [0.717, 1.165) is 11.4 Å². The van der Waals surface area contributed by atoms with E-state index in [1.54, 1.807) is 23.1 Å². The molecular weight excluding hydrogens is 319 g/mol. The van der Waals surface area contributed by atoms with Crippen LogP contribution in [0.2, 0.25) is 10.0 Å². The van der Waals surface area contributed by atoms with Crippen molar-refractivity contribution in [3.8, 4) is 0 Å². The highest BCUT2D eigenvalue weighted by Crippen LogP contribution is 2.22. The van der Waals surface area contributed by atoms with Crippen LogP contribution in [0.25, 0.3) is 0 Å². The number of hydrogen-bond donors (Lipinski definition) is 1. The molecule has 22 heavy (non-hydrogen) atoms. The van der Waals surface area contributed by atoms with Crippen molar-refractivity contribution >= 4 is 40.5 Å². The molecule has 116 valence electrons. The van der Waals surface area contributed by atoms with Gasteiger partial charge in [0.1, 0.15) is 0 Å². The zero-order valence-corrected chi connectivity index (χ0v) is 13.9. The Labute approximate surface area is 140 Å². The lowest BCUT2D eigenvalue weighted by molar-refractivity contribution is -0.118. The van der Waals surface area contributed by atoms with Crippen molar-refractivity contribution in [2.45, 2.75) is 13.3 Å². The predicted octanol–water partition coefficient (Wildman–Crippen LogP) is 4.85.